The van der Waals surface area contributed by atoms with Crippen LogP contribution in [0.2, 0.25) is 0 Å². The molecule has 0 bridgehead atoms. The number of hydrogen-bond donors (Lipinski definition) is 1. The molecule has 2 aromatic rings. The van der Waals surface area contributed by atoms with Crippen molar-refractivity contribution in [2.45, 2.75) is 26.7 Å². The minimum Gasteiger partial charge on any atom is -0.326 e. The maximum Gasteiger partial charge on any atom is 0.232 e. The molecule has 0 fully saturated rings. The number of rotatable bonds is 7. The normalized spacial score (nSPS) is 11.2. The van der Waals surface area contributed by atoms with E-state index in [1.807, 2.05) is 44.2 Å². The second-order valence-corrected chi connectivity index (χ2v) is 9.05. The van der Waals surface area contributed by atoms with E-state index in [0.717, 1.165) is 21.3 Å². The van der Waals surface area contributed by atoms with Gasteiger partial charge in [-0.05, 0) is 56.2 Å². The number of anilines is 2. The highest BCUT2D eigenvalue weighted by atomic mass is 79.9. The van der Waals surface area contributed by atoms with Crippen LogP contribution in [-0.4, -0.2) is 27.1 Å². The Labute approximate surface area is 163 Å². The molecule has 0 aliphatic carbocycles. The van der Waals surface area contributed by atoms with Crippen molar-refractivity contribution in [1.29, 1.82) is 0 Å². The Morgan fingerprint density at radius 3 is 2.35 bits per heavy atom. The number of carbonyl (C=O) groups excluding carboxylic acids is 1. The molecule has 26 heavy (non-hydrogen) atoms. The molecule has 2 rings (SSSR count). The van der Waals surface area contributed by atoms with Crippen LogP contribution < -0.4 is 9.62 Å². The molecule has 0 spiro atoms. The first-order valence-electron chi connectivity index (χ1n) is 8.27. The SMILES string of the molecule is Cc1ccc(N(CCCC(=O)Nc2ccc(Br)c(C)c2)S(C)(=O)=O)cc1. The van der Waals surface area contributed by atoms with Crippen LogP contribution >= 0.6 is 15.9 Å². The molecule has 0 aromatic heterocycles. The predicted molar refractivity (Wildman–Crippen MR) is 110 cm³/mol. The van der Waals surface area contributed by atoms with Crippen LogP contribution in [0.25, 0.3) is 0 Å². The number of nitrogens with one attached hydrogen (secondary N) is 1. The van der Waals surface area contributed by atoms with Gasteiger partial charge in [0.05, 0.1) is 11.9 Å². The zero-order valence-corrected chi connectivity index (χ0v) is 17.5. The Balaban J connectivity index is 1.95. The fraction of sp³-hybridized carbons (Fsp3) is 0.316. The molecule has 0 heterocycles. The summed E-state index contributed by atoms with van der Waals surface area (Å²) in [4.78, 5) is 12.1. The van der Waals surface area contributed by atoms with Gasteiger partial charge in [0, 0.05) is 23.1 Å². The van der Waals surface area contributed by atoms with E-state index in [4.69, 9.17) is 0 Å². The number of amides is 1. The summed E-state index contributed by atoms with van der Waals surface area (Å²) in [7, 11) is -3.40. The van der Waals surface area contributed by atoms with Crippen molar-refractivity contribution < 1.29 is 13.2 Å². The number of carbonyl (C=O) groups is 1. The van der Waals surface area contributed by atoms with Gasteiger partial charge in [0.1, 0.15) is 0 Å². The van der Waals surface area contributed by atoms with Crippen LogP contribution in [0, 0.1) is 13.8 Å². The fourth-order valence-electron chi connectivity index (χ4n) is 2.53. The van der Waals surface area contributed by atoms with Crippen molar-refractivity contribution in [2.75, 3.05) is 22.4 Å². The number of sulfonamides is 1. The smallest absolute Gasteiger partial charge is 0.232 e. The third-order valence-electron chi connectivity index (χ3n) is 3.93. The van der Waals surface area contributed by atoms with E-state index >= 15 is 0 Å². The topological polar surface area (TPSA) is 66.5 Å². The minimum absolute atomic E-state index is 0.135. The number of halogens is 1. The molecular weight excluding hydrogens is 416 g/mol. The van der Waals surface area contributed by atoms with E-state index in [1.165, 1.54) is 10.6 Å². The molecular formula is C19H23BrN2O3S. The quantitative estimate of drug-likeness (QED) is 0.702. The number of aryl methyl sites for hydroxylation is 2. The molecule has 2 aromatic carbocycles. The molecule has 0 saturated carbocycles. The lowest BCUT2D eigenvalue weighted by molar-refractivity contribution is -0.116. The standard InChI is InChI=1S/C19H23BrN2O3S/c1-14-6-9-17(10-7-14)22(26(3,24)25)12-4-5-19(23)21-16-8-11-18(20)15(2)13-16/h6-11,13H,4-5,12H2,1-3H3,(H,21,23). The summed E-state index contributed by atoms with van der Waals surface area (Å²) >= 11 is 3.42. The van der Waals surface area contributed by atoms with E-state index in [9.17, 15) is 13.2 Å². The van der Waals surface area contributed by atoms with Crippen molar-refractivity contribution in [3.05, 3.63) is 58.1 Å². The summed E-state index contributed by atoms with van der Waals surface area (Å²) in [5.41, 5.74) is 3.44. The van der Waals surface area contributed by atoms with Crippen LogP contribution in [0.4, 0.5) is 11.4 Å². The first-order chi connectivity index (χ1) is 12.2. The van der Waals surface area contributed by atoms with Crippen molar-refractivity contribution in [3.63, 3.8) is 0 Å². The van der Waals surface area contributed by atoms with Gasteiger partial charge in [0.2, 0.25) is 15.9 Å². The average molecular weight is 439 g/mol. The molecule has 0 atom stereocenters. The fourth-order valence-corrected chi connectivity index (χ4v) is 3.74. The largest absolute Gasteiger partial charge is 0.326 e. The Kier molecular flexibility index (Phi) is 6.83. The molecule has 1 amide bonds. The number of nitrogens with zero attached hydrogens (tertiary/aromatic N) is 1. The zero-order valence-electron chi connectivity index (χ0n) is 15.1. The van der Waals surface area contributed by atoms with Gasteiger partial charge in [-0.3, -0.25) is 9.10 Å². The van der Waals surface area contributed by atoms with Crippen molar-refractivity contribution in [3.8, 4) is 0 Å². The Morgan fingerprint density at radius 2 is 1.77 bits per heavy atom. The van der Waals surface area contributed by atoms with Crippen LogP contribution in [0.15, 0.2) is 46.9 Å². The Hall–Kier alpha value is -1.86. The highest BCUT2D eigenvalue weighted by Gasteiger charge is 2.17. The van der Waals surface area contributed by atoms with Gasteiger partial charge in [0.15, 0.2) is 0 Å². The van der Waals surface area contributed by atoms with E-state index in [2.05, 4.69) is 21.2 Å². The zero-order chi connectivity index (χ0) is 19.3. The first kappa shape index (κ1) is 20.5. The molecule has 0 radical (unpaired) electrons. The highest BCUT2D eigenvalue weighted by Crippen LogP contribution is 2.21. The van der Waals surface area contributed by atoms with Crippen molar-refractivity contribution >= 4 is 43.2 Å². The van der Waals surface area contributed by atoms with Gasteiger partial charge >= 0.3 is 0 Å². The van der Waals surface area contributed by atoms with Gasteiger partial charge in [-0.15, -0.1) is 0 Å². The third-order valence-corrected chi connectivity index (χ3v) is 6.01. The van der Waals surface area contributed by atoms with E-state index in [1.54, 1.807) is 12.1 Å². The second-order valence-electron chi connectivity index (χ2n) is 6.29. The summed E-state index contributed by atoms with van der Waals surface area (Å²) in [6.07, 6.45) is 1.85. The minimum atomic E-state index is -3.40. The molecule has 0 unspecified atom stereocenters. The molecule has 5 nitrogen and oxygen atoms in total. The maximum atomic E-state index is 12.1. The average Bonchev–Trinajstić information content (AvgIpc) is 2.55. The Bertz CT molecular complexity index is 880. The van der Waals surface area contributed by atoms with Crippen LogP contribution in [0.1, 0.15) is 24.0 Å². The summed E-state index contributed by atoms with van der Waals surface area (Å²) in [6.45, 7) is 4.16. The predicted octanol–water partition coefficient (Wildman–Crippen LogP) is 4.25. The summed E-state index contributed by atoms with van der Waals surface area (Å²) in [5, 5.41) is 2.84. The monoisotopic (exact) mass is 438 g/mol. The maximum absolute atomic E-state index is 12.1. The molecule has 140 valence electrons. The van der Waals surface area contributed by atoms with E-state index < -0.39 is 10.0 Å². The summed E-state index contributed by atoms with van der Waals surface area (Å²) in [6, 6.07) is 12.9. The lowest BCUT2D eigenvalue weighted by atomic mass is 10.2. The van der Waals surface area contributed by atoms with E-state index in [0.29, 0.717) is 12.1 Å². The van der Waals surface area contributed by atoms with Gasteiger partial charge in [-0.25, -0.2) is 8.42 Å². The molecule has 7 heteroatoms. The van der Waals surface area contributed by atoms with Crippen LogP contribution in [-0.2, 0) is 14.8 Å². The van der Waals surface area contributed by atoms with Gasteiger partial charge in [-0.1, -0.05) is 33.6 Å². The van der Waals surface area contributed by atoms with Crippen molar-refractivity contribution in [2.24, 2.45) is 0 Å². The summed E-state index contributed by atoms with van der Waals surface area (Å²) in [5.74, 6) is -0.135. The van der Waals surface area contributed by atoms with Gasteiger partial charge in [-0.2, -0.15) is 0 Å². The highest BCUT2D eigenvalue weighted by molar-refractivity contribution is 9.10. The van der Waals surface area contributed by atoms with Crippen LogP contribution in [0.5, 0.6) is 0 Å². The summed E-state index contributed by atoms with van der Waals surface area (Å²) < 4.78 is 26.5. The van der Waals surface area contributed by atoms with Crippen LogP contribution in [0.3, 0.4) is 0 Å². The number of benzene rings is 2. The Morgan fingerprint density at radius 1 is 1.12 bits per heavy atom. The van der Waals surface area contributed by atoms with Gasteiger partial charge < -0.3 is 5.32 Å². The lowest BCUT2D eigenvalue weighted by Gasteiger charge is -2.22. The number of hydrogen-bond acceptors (Lipinski definition) is 3. The third kappa shape index (κ3) is 5.85. The molecule has 0 aliphatic rings. The van der Waals surface area contributed by atoms with E-state index in [-0.39, 0.29) is 18.9 Å². The first-order valence-corrected chi connectivity index (χ1v) is 10.9. The second kappa shape index (κ2) is 8.68. The molecule has 0 saturated heterocycles. The van der Waals surface area contributed by atoms with Crippen molar-refractivity contribution in [1.82, 2.24) is 0 Å². The molecule has 0 aliphatic heterocycles. The lowest BCUT2D eigenvalue weighted by Crippen LogP contribution is -2.31. The molecule has 1 N–H and O–H groups in total. The van der Waals surface area contributed by atoms with Gasteiger partial charge in [0.25, 0.3) is 0 Å².